The van der Waals surface area contributed by atoms with E-state index in [9.17, 15) is 9.18 Å². The Kier molecular flexibility index (Phi) is 4.22. The monoisotopic (exact) mass is 329 g/mol. The molecule has 6 heteroatoms. The summed E-state index contributed by atoms with van der Waals surface area (Å²) in [5, 5.41) is 4.29. The van der Waals surface area contributed by atoms with E-state index in [-0.39, 0.29) is 0 Å². The van der Waals surface area contributed by atoms with Gasteiger partial charge in [0.15, 0.2) is 0 Å². The standard InChI is InChI=1S/C18H20FN3O2/c1-18(2,3)24-16(23)7-4-12-8-20-10-15(19)17(12)13-9-21-22(11-13)14-5-6-14/h4,7-11,14H,5-6H2,1-3H3/b7-4+. The van der Waals surface area contributed by atoms with Crippen molar-refractivity contribution in [3.05, 3.63) is 42.2 Å². The fraction of sp³-hybridized carbons (Fsp3) is 0.389. The molecule has 1 aliphatic carbocycles. The zero-order valence-electron chi connectivity index (χ0n) is 14.0. The van der Waals surface area contributed by atoms with Crippen LogP contribution in [0.1, 0.15) is 45.2 Å². The number of rotatable bonds is 4. The van der Waals surface area contributed by atoms with Crippen LogP contribution in [0.3, 0.4) is 0 Å². The molecule has 0 unspecified atom stereocenters. The molecular weight excluding hydrogens is 309 g/mol. The average Bonchev–Trinajstić information content (AvgIpc) is 3.22. The van der Waals surface area contributed by atoms with Gasteiger partial charge in [-0.2, -0.15) is 5.10 Å². The molecule has 24 heavy (non-hydrogen) atoms. The van der Waals surface area contributed by atoms with Crippen molar-refractivity contribution < 1.29 is 13.9 Å². The van der Waals surface area contributed by atoms with Crippen molar-refractivity contribution in [3.63, 3.8) is 0 Å². The van der Waals surface area contributed by atoms with Crippen LogP contribution in [0, 0.1) is 5.82 Å². The molecule has 2 aromatic rings. The number of pyridine rings is 1. The second-order valence-corrected chi connectivity index (χ2v) is 6.89. The number of halogens is 1. The number of esters is 1. The summed E-state index contributed by atoms with van der Waals surface area (Å²) in [5.74, 6) is -0.928. The van der Waals surface area contributed by atoms with Crippen LogP contribution in [0.25, 0.3) is 17.2 Å². The number of carbonyl (C=O) groups excluding carboxylic acids is 1. The van der Waals surface area contributed by atoms with Gasteiger partial charge >= 0.3 is 5.97 Å². The topological polar surface area (TPSA) is 57.0 Å². The van der Waals surface area contributed by atoms with E-state index >= 15 is 0 Å². The molecule has 5 nitrogen and oxygen atoms in total. The molecule has 1 aliphatic rings. The number of nitrogens with zero attached hydrogens (tertiary/aromatic N) is 3. The summed E-state index contributed by atoms with van der Waals surface area (Å²) in [4.78, 5) is 15.7. The maximum atomic E-state index is 14.3. The quantitative estimate of drug-likeness (QED) is 0.633. The van der Waals surface area contributed by atoms with Crippen molar-refractivity contribution in [2.24, 2.45) is 0 Å². The highest BCUT2D eigenvalue weighted by Crippen LogP contribution is 2.36. The molecule has 2 aromatic heterocycles. The minimum Gasteiger partial charge on any atom is -0.457 e. The maximum Gasteiger partial charge on any atom is 0.331 e. The van der Waals surface area contributed by atoms with Crippen molar-refractivity contribution >= 4 is 12.0 Å². The summed E-state index contributed by atoms with van der Waals surface area (Å²) < 4.78 is 21.4. The van der Waals surface area contributed by atoms with E-state index in [1.807, 2.05) is 10.9 Å². The molecule has 0 aromatic carbocycles. The van der Waals surface area contributed by atoms with E-state index in [1.165, 1.54) is 18.3 Å². The Labute approximate surface area is 140 Å². The van der Waals surface area contributed by atoms with Gasteiger partial charge in [0.25, 0.3) is 0 Å². The van der Waals surface area contributed by atoms with Crippen LogP contribution in [0.4, 0.5) is 4.39 Å². The van der Waals surface area contributed by atoms with Crippen LogP contribution >= 0.6 is 0 Å². The van der Waals surface area contributed by atoms with Crippen LogP contribution in [0.2, 0.25) is 0 Å². The lowest BCUT2D eigenvalue weighted by atomic mass is 10.0. The minimum absolute atomic E-state index is 0.386. The Morgan fingerprint density at radius 1 is 1.33 bits per heavy atom. The largest absolute Gasteiger partial charge is 0.457 e. The van der Waals surface area contributed by atoms with Gasteiger partial charge in [-0.25, -0.2) is 9.18 Å². The highest BCUT2D eigenvalue weighted by atomic mass is 19.1. The van der Waals surface area contributed by atoms with Gasteiger partial charge in [0.2, 0.25) is 0 Å². The molecule has 3 rings (SSSR count). The first-order chi connectivity index (χ1) is 11.3. The first kappa shape index (κ1) is 16.4. The van der Waals surface area contributed by atoms with Crippen molar-refractivity contribution in [2.45, 2.75) is 45.3 Å². The molecule has 1 saturated carbocycles. The average molecular weight is 329 g/mol. The first-order valence-electron chi connectivity index (χ1n) is 7.92. The van der Waals surface area contributed by atoms with Gasteiger partial charge in [-0.15, -0.1) is 0 Å². The first-order valence-corrected chi connectivity index (χ1v) is 7.92. The second kappa shape index (κ2) is 6.19. The number of hydrogen-bond donors (Lipinski definition) is 0. The zero-order chi connectivity index (χ0) is 17.3. The number of ether oxygens (including phenoxy) is 1. The Balaban J connectivity index is 1.88. The summed E-state index contributed by atoms with van der Waals surface area (Å²) in [5.41, 5.74) is 0.995. The maximum absolute atomic E-state index is 14.3. The van der Waals surface area contributed by atoms with E-state index in [4.69, 9.17) is 4.74 Å². The minimum atomic E-state index is -0.574. The summed E-state index contributed by atoms with van der Waals surface area (Å²) in [6, 6.07) is 0.421. The molecule has 126 valence electrons. The van der Waals surface area contributed by atoms with Gasteiger partial charge in [0.1, 0.15) is 11.4 Å². The molecule has 0 saturated heterocycles. The van der Waals surface area contributed by atoms with Crippen molar-refractivity contribution in [2.75, 3.05) is 0 Å². The number of aromatic nitrogens is 3. The summed E-state index contributed by atoms with van der Waals surface area (Å²) in [7, 11) is 0. The van der Waals surface area contributed by atoms with E-state index in [0.29, 0.717) is 22.7 Å². The van der Waals surface area contributed by atoms with Crippen LogP contribution in [0.15, 0.2) is 30.9 Å². The molecule has 0 radical (unpaired) electrons. The molecule has 0 bridgehead atoms. The Bertz CT molecular complexity index is 786. The molecule has 0 N–H and O–H groups in total. The fourth-order valence-electron chi connectivity index (χ4n) is 2.38. The number of carbonyl (C=O) groups is 1. The van der Waals surface area contributed by atoms with Crippen LogP contribution in [-0.2, 0) is 9.53 Å². The number of hydrogen-bond acceptors (Lipinski definition) is 4. The van der Waals surface area contributed by atoms with Crippen molar-refractivity contribution in [1.29, 1.82) is 0 Å². The van der Waals surface area contributed by atoms with Gasteiger partial charge in [-0.05, 0) is 39.7 Å². The third-order valence-corrected chi connectivity index (χ3v) is 3.55. The van der Waals surface area contributed by atoms with E-state index in [2.05, 4.69) is 10.1 Å². The molecule has 0 amide bonds. The Morgan fingerprint density at radius 3 is 2.75 bits per heavy atom. The molecule has 0 spiro atoms. The summed E-state index contributed by atoms with van der Waals surface area (Å²) in [6.07, 6.45) is 11.2. The van der Waals surface area contributed by atoms with Crippen LogP contribution in [0.5, 0.6) is 0 Å². The third kappa shape index (κ3) is 3.88. The Hall–Kier alpha value is -2.50. The lowest BCUT2D eigenvalue weighted by Gasteiger charge is -2.17. The molecule has 2 heterocycles. The highest BCUT2D eigenvalue weighted by molar-refractivity contribution is 5.89. The molecular formula is C18H20FN3O2. The molecule has 1 fully saturated rings. The van der Waals surface area contributed by atoms with Crippen molar-refractivity contribution in [1.82, 2.24) is 14.8 Å². The highest BCUT2D eigenvalue weighted by Gasteiger charge is 2.25. The van der Waals surface area contributed by atoms with Gasteiger partial charge in [-0.1, -0.05) is 0 Å². The van der Waals surface area contributed by atoms with E-state index in [1.54, 1.807) is 27.0 Å². The van der Waals surface area contributed by atoms with Crippen molar-refractivity contribution in [3.8, 4) is 11.1 Å². The molecule has 0 atom stereocenters. The summed E-state index contributed by atoms with van der Waals surface area (Å²) >= 11 is 0. The second-order valence-electron chi connectivity index (χ2n) is 6.89. The third-order valence-electron chi connectivity index (χ3n) is 3.55. The normalized spacial score (nSPS) is 15.0. The smallest absolute Gasteiger partial charge is 0.331 e. The van der Waals surface area contributed by atoms with Gasteiger partial charge < -0.3 is 4.74 Å². The fourth-order valence-corrected chi connectivity index (χ4v) is 2.38. The SMILES string of the molecule is CC(C)(C)OC(=O)/C=C/c1cncc(F)c1-c1cnn(C2CC2)c1. The van der Waals surface area contributed by atoms with Gasteiger partial charge in [0.05, 0.1) is 18.4 Å². The molecule has 0 aliphatic heterocycles. The Morgan fingerprint density at radius 2 is 2.08 bits per heavy atom. The lowest BCUT2D eigenvalue weighted by Crippen LogP contribution is -2.22. The van der Waals surface area contributed by atoms with E-state index in [0.717, 1.165) is 19.0 Å². The van der Waals surface area contributed by atoms with E-state index < -0.39 is 17.4 Å². The zero-order valence-corrected chi connectivity index (χ0v) is 14.0. The summed E-state index contributed by atoms with van der Waals surface area (Å²) in [6.45, 7) is 5.38. The van der Waals surface area contributed by atoms with Gasteiger partial charge in [0, 0.05) is 35.2 Å². The predicted molar refractivity (Wildman–Crippen MR) is 88.6 cm³/mol. The van der Waals surface area contributed by atoms with Crippen LogP contribution < -0.4 is 0 Å². The predicted octanol–water partition coefficient (Wildman–Crippen LogP) is 3.77. The van der Waals surface area contributed by atoms with Crippen LogP contribution in [-0.4, -0.2) is 26.3 Å². The lowest BCUT2D eigenvalue weighted by molar-refractivity contribution is -0.148. The van der Waals surface area contributed by atoms with Gasteiger partial charge in [-0.3, -0.25) is 9.67 Å².